The average Bonchev–Trinajstić information content (AvgIpc) is 3.49. The molecule has 5 aromatic carbocycles. The van der Waals surface area contributed by atoms with Crippen molar-refractivity contribution in [2.45, 2.75) is 13.7 Å². The standard InChI is InChI=1S/C31H22FN2.C11H8N.Ir/c1-20-7-6-8-21(2)29(20)23-13-16-26-27-17-18-33-30(22-11-14-24(32)15-12-22)31(27)34(28(26)19-23)25-9-4-3-5-10-25;1-2-6-10(7-3-1)11-8-4-5-9-12-11;/h3-11,13-19H,1-2H3;1-6,8-9H;/q2*-1;/i1D3,2D3;;. The molecule has 0 saturated carbocycles. The summed E-state index contributed by atoms with van der Waals surface area (Å²) in [6, 6.07) is 45.4. The van der Waals surface area contributed by atoms with Gasteiger partial charge in [0.25, 0.3) is 0 Å². The summed E-state index contributed by atoms with van der Waals surface area (Å²) < 4.78 is 64.6. The van der Waals surface area contributed by atoms with Crippen molar-refractivity contribution < 1.29 is 32.7 Å². The topological polar surface area (TPSA) is 30.7 Å². The van der Waals surface area contributed by atoms with Gasteiger partial charge in [-0.3, -0.25) is 4.39 Å². The van der Waals surface area contributed by atoms with Gasteiger partial charge in [0, 0.05) is 74.2 Å². The Hall–Kier alpha value is -5.22. The second-order valence-electron chi connectivity index (χ2n) is 10.6. The Bertz CT molecular complexity index is 2420. The quantitative estimate of drug-likeness (QED) is 0.166. The van der Waals surface area contributed by atoms with Crippen molar-refractivity contribution in [3.05, 3.63) is 175 Å². The summed E-state index contributed by atoms with van der Waals surface area (Å²) in [6.45, 7) is -5.04. The van der Waals surface area contributed by atoms with Crippen LogP contribution < -0.4 is 0 Å². The molecule has 0 unspecified atom stereocenters. The first-order chi connectivity index (χ1) is 25.0. The van der Waals surface area contributed by atoms with Crippen molar-refractivity contribution in [2.24, 2.45) is 0 Å². The molecule has 231 valence electrons. The van der Waals surface area contributed by atoms with E-state index < -0.39 is 19.5 Å². The first kappa shape index (κ1) is 24.9. The normalized spacial score (nSPS) is 13.1. The van der Waals surface area contributed by atoms with Crippen LogP contribution in [-0.4, -0.2) is 14.5 Å². The Balaban J connectivity index is 0.000000313. The zero-order valence-electron chi connectivity index (χ0n) is 30.9. The predicted molar refractivity (Wildman–Crippen MR) is 186 cm³/mol. The number of hydrogen-bond acceptors (Lipinski definition) is 2. The molecular formula is C42H30FIrN3-2. The number of nitrogens with zero attached hydrogens (tertiary/aromatic N) is 3. The van der Waals surface area contributed by atoms with E-state index >= 15 is 0 Å². The Morgan fingerprint density at radius 2 is 1.49 bits per heavy atom. The monoisotopic (exact) mass is 794 g/mol. The van der Waals surface area contributed by atoms with Crippen molar-refractivity contribution >= 4 is 21.8 Å². The van der Waals surface area contributed by atoms with E-state index in [0.717, 1.165) is 38.8 Å². The summed E-state index contributed by atoms with van der Waals surface area (Å²) in [5.74, 6) is -0.401. The fraction of sp³-hybridized carbons (Fsp3) is 0.0476. The molecule has 0 atom stereocenters. The van der Waals surface area contributed by atoms with Crippen molar-refractivity contribution in [2.75, 3.05) is 0 Å². The van der Waals surface area contributed by atoms with E-state index in [1.54, 1.807) is 24.5 Å². The van der Waals surface area contributed by atoms with Gasteiger partial charge in [-0.2, -0.15) is 0 Å². The van der Waals surface area contributed by atoms with Gasteiger partial charge in [0.2, 0.25) is 0 Å². The molecule has 8 aromatic rings. The molecule has 0 spiro atoms. The summed E-state index contributed by atoms with van der Waals surface area (Å²) in [5.41, 5.74) is 6.18. The van der Waals surface area contributed by atoms with Gasteiger partial charge in [-0.25, -0.2) is 0 Å². The van der Waals surface area contributed by atoms with E-state index in [-0.39, 0.29) is 36.8 Å². The number of halogens is 1. The van der Waals surface area contributed by atoms with Gasteiger partial charge in [-0.05, 0) is 72.0 Å². The molecule has 0 N–H and O–H groups in total. The molecule has 8 rings (SSSR count). The van der Waals surface area contributed by atoms with Crippen molar-refractivity contribution in [3.8, 4) is 39.3 Å². The van der Waals surface area contributed by atoms with Gasteiger partial charge in [0.15, 0.2) is 0 Å². The van der Waals surface area contributed by atoms with Crippen LogP contribution in [0, 0.1) is 31.7 Å². The molecule has 0 aliphatic carbocycles. The molecule has 3 heterocycles. The maximum absolute atomic E-state index is 13.7. The number of benzene rings is 5. The van der Waals surface area contributed by atoms with Gasteiger partial charge in [-0.1, -0.05) is 60.7 Å². The molecule has 0 bridgehead atoms. The van der Waals surface area contributed by atoms with Crippen LogP contribution in [0.3, 0.4) is 0 Å². The molecule has 0 aliphatic rings. The number of fused-ring (bicyclic) bond motifs is 3. The van der Waals surface area contributed by atoms with Gasteiger partial charge in [-0.15, -0.1) is 65.7 Å². The Morgan fingerprint density at radius 3 is 2.19 bits per heavy atom. The molecular weight excluding hydrogens is 758 g/mol. The van der Waals surface area contributed by atoms with Crippen LogP contribution in [0.4, 0.5) is 4.39 Å². The first-order valence-corrected chi connectivity index (χ1v) is 14.7. The smallest absolute Gasteiger partial charge is 0.0539 e. The third-order valence-electron chi connectivity index (χ3n) is 7.72. The third kappa shape index (κ3) is 6.41. The van der Waals surface area contributed by atoms with Gasteiger partial charge in [0.05, 0.1) is 5.52 Å². The van der Waals surface area contributed by atoms with E-state index in [1.165, 1.54) is 30.3 Å². The molecule has 0 saturated heterocycles. The Kier molecular flexibility index (Phi) is 7.45. The molecule has 1 radical (unpaired) electrons. The van der Waals surface area contributed by atoms with Crippen LogP contribution in [0.1, 0.15) is 19.4 Å². The van der Waals surface area contributed by atoms with Crippen LogP contribution in [0.25, 0.3) is 61.1 Å². The van der Waals surface area contributed by atoms with Crippen LogP contribution in [0.15, 0.2) is 146 Å². The zero-order chi connectivity index (χ0) is 36.5. The Morgan fingerprint density at radius 1 is 0.681 bits per heavy atom. The number of aryl methyl sites for hydroxylation is 2. The summed E-state index contributed by atoms with van der Waals surface area (Å²) in [4.78, 5) is 8.86. The predicted octanol–water partition coefficient (Wildman–Crippen LogP) is 10.6. The SMILES string of the molecule is [2H]C([2H])([2H])c1cccc(C([2H])([2H])[2H])c1-c1ccc2c3ccnc(-c4[c-]cc(F)cc4)c3n(-c3ccccc3)c2c1.[Ir].[c-]1ccccc1-c1ccccn1. The maximum Gasteiger partial charge on any atom is 0.0539 e. The number of pyridine rings is 2. The molecule has 3 aromatic heterocycles. The average molecular weight is 794 g/mol. The number of rotatable bonds is 4. The van der Waals surface area contributed by atoms with Crippen molar-refractivity contribution in [1.82, 2.24) is 14.5 Å². The second-order valence-corrected chi connectivity index (χ2v) is 10.6. The molecule has 3 nitrogen and oxygen atoms in total. The van der Waals surface area contributed by atoms with Crippen LogP contribution in [-0.2, 0) is 20.1 Å². The third-order valence-corrected chi connectivity index (χ3v) is 7.72. The second kappa shape index (κ2) is 14.0. The summed E-state index contributed by atoms with van der Waals surface area (Å²) in [5, 5.41) is 1.75. The fourth-order valence-corrected chi connectivity index (χ4v) is 5.65. The minimum absolute atomic E-state index is 0. The van der Waals surface area contributed by atoms with Crippen LogP contribution in [0.2, 0.25) is 0 Å². The van der Waals surface area contributed by atoms with E-state index in [4.69, 9.17) is 8.22 Å². The summed E-state index contributed by atoms with van der Waals surface area (Å²) >= 11 is 0. The molecule has 5 heteroatoms. The van der Waals surface area contributed by atoms with E-state index in [0.29, 0.717) is 16.8 Å². The van der Waals surface area contributed by atoms with Gasteiger partial charge < -0.3 is 14.5 Å². The summed E-state index contributed by atoms with van der Waals surface area (Å²) in [6.07, 6.45) is 3.48. The molecule has 0 aliphatic heterocycles. The summed E-state index contributed by atoms with van der Waals surface area (Å²) in [7, 11) is 0. The van der Waals surface area contributed by atoms with Crippen LogP contribution >= 0.6 is 0 Å². The van der Waals surface area contributed by atoms with Crippen molar-refractivity contribution in [1.29, 1.82) is 0 Å². The van der Waals surface area contributed by atoms with Gasteiger partial charge >= 0.3 is 0 Å². The number of para-hydroxylation sites is 1. The minimum atomic E-state index is -2.52. The Labute approximate surface area is 296 Å². The van der Waals surface area contributed by atoms with Crippen LogP contribution in [0.5, 0.6) is 0 Å². The molecule has 0 fully saturated rings. The largest absolute Gasteiger partial charge is 0.316 e. The van der Waals surface area contributed by atoms with E-state index in [2.05, 4.69) is 22.1 Å². The number of aromatic nitrogens is 3. The van der Waals surface area contributed by atoms with Crippen molar-refractivity contribution in [3.63, 3.8) is 0 Å². The van der Waals surface area contributed by atoms with Gasteiger partial charge in [0.1, 0.15) is 0 Å². The van der Waals surface area contributed by atoms with E-state index in [1.807, 2.05) is 95.6 Å². The minimum Gasteiger partial charge on any atom is -0.316 e. The fourth-order valence-electron chi connectivity index (χ4n) is 5.65. The van der Waals surface area contributed by atoms with E-state index in [9.17, 15) is 4.39 Å². The molecule has 0 amide bonds. The molecule has 47 heavy (non-hydrogen) atoms. The number of hydrogen-bond donors (Lipinski definition) is 0. The maximum atomic E-state index is 13.7. The first-order valence-electron chi connectivity index (χ1n) is 17.7. The zero-order valence-corrected chi connectivity index (χ0v) is 27.3.